The normalized spacial score (nSPS) is 19.1. The molecule has 0 aromatic heterocycles. The lowest BCUT2D eigenvalue weighted by molar-refractivity contribution is -0.152. The average Bonchev–Trinajstić information content (AvgIpc) is 2.64. The number of benzene rings is 1. The van der Waals surface area contributed by atoms with E-state index >= 15 is 0 Å². The molecule has 0 spiro atoms. The van der Waals surface area contributed by atoms with Gasteiger partial charge >= 0.3 is 6.09 Å². The highest BCUT2D eigenvalue weighted by Crippen LogP contribution is 2.31. The van der Waals surface area contributed by atoms with Gasteiger partial charge in [-0.15, -0.1) is 0 Å². The van der Waals surface area contributed by atoms with Gasteiger partial charge < -0.3 is 29.5 Å². The molecule has 0 bridgehead atoms. The van der Waals surface area contributed by atoms with Crippen LogP contribution in [0.15, 0.2) is 18.2 Å². The Morgan fingerprint density at radius 2 is 1.89 bits per heavy atom. The standard InChI is InChI=1S/C20H30N2O6/c1-20(2,3)28-19(25)21-17-14(7-6-10-23)22(18(17)24)12-13-8-9-15(26-4)16(11-13)27-5/h8-9,11,14,17,23H,6-7,10,12H2,1-5H3,(H,21,25)/t14-,17+/m1/s1. The number of carbonyl (C=O) groups excluding carboxylic acids is 2. The van der Waals surface area contributed by atoms with Crippen LogP contribution in [0.1, 0.15) is 39.2 Å². The summed E-state index contributed by atoms with van der Waals surface area (Å²) >= 11 is 0. The van der Waals surface area contributed by atoms with E-state index in [1.165, 1.54) is 0 Å². The third kappa shape index (κ3) is 5.28. The highest BCUT2D eigenvalue weighted by Gasteiger charge is 2.47. The van der Waals surface area contributed by atoms with Crippen molar-refractivity contribution in [1.82, 2.24) is 10.2 Å². The maximum Gasteiger partial charge on any atom is 0.408 e. The Kier molecular flexibility index (Phi) is 7.12. The van der Waals surface area contributed by atoms with Crippen molar-refractivity contribution in [2.75, 3.05) is 20.8 Å². The zero-order valence-corrected chi connectivity index (χ0v) is 17.2. The van der Waals surface area contributed by atoms with Crippen LogP contribution in [-0.4, -0.2) is 60.5 Å². The lowest BCUT2D eigenvalue weighted by Gasteiger charge is -2.47. The number of alkyl carbamates (subject to hydrolysis) is 1. The molecule has 8 nitrogen and oxygen atoms in total. The summed E-state index contributed by atoms with van der Waals surface area (Å²) in [4.78, 5) is 26.4. The summed E-state index contributed by atoms with van der Waals surface area (Å²) < 4.78 is 15.8. The predicted molar refractivity (Wildman–Crippen MR) is 103 cm³/mol. The number of hydrogen-bond donors (Lipinski definition) is 2. The van der Waals surface area contributed by atoms with Crippen molar-refractivity contribution in [2.24, 2.45) is 0 Å². The molecule has 1 aromatic rings. The second kappa shape index (κ2) is 9.14. The molecular formula is C20H30N2O6. The van der Waals surface area contributed by atoms with E-state index in [2.05, 4.69) is 5.32 Å². The average molecular weight is 394 g/mol. The fraction of sp³-hybridized carbons (Fsp3) is 0.600. The van der Waals surface area contributed by atoms with Gasteiger partial charge in [0.15, 0.2) is 11.5 Å². The van der Waals surface area contributed by atoms with Crippen molar-refractivity contribution in [3.8, 4) is 11.5 Å². The van der Waals surface area contributed by atoms with Gasteiger partial charge in [-0.1, -0.05) is 6.07 Å². The molecule has 28 heavy (non-hydrogen) atoms. The Hall–Kier alpha value is -2.48. The van der Waals surface area contributed by atoms with Gasteiger partial charge in [-0.3, -0.25) is 4.79 Å². The summed E-state index contributed by atoms with van der Waals surface area (Å²) in [5.74, 6) is 1.02. The van der Waals surface area contributed by atoms with Crippen molar-refractivity contribution >= 4 is 12.0 Å². The van der Waals surface area contributed by atoms with Crippen molar-refractivity contribution in [3.05, 3.63) is 23.8 Å². The molecule has 2 atom stereocenters. The Morgan fingerprint density at radius 3 is 2.46 bits per heavy atom. The van der Waals surface area contributed by atoms with E-state index < -0.39 is 17.7 Å². The molecular weight excluding hydrogens is 364 g/mol. The van der Waals surface area contributed by atoms with Gasteiger partial charge in [-0.2, -0.15) is 0 Å². The molecule has 8 heteroatoms. The molecule has 0 unspecified atom stereocenters. The van der Waals surface area contributed by atoms with Crippen LogP contribution in [0.3, 0.4) is 0 Å². The third-order valence-electron chi connectivity index (χ3n) is 4.47. The van der Waals surface area contributed by atoms with E-state index in [9.17, 15) is 14.7 Å². The maximum absolute atomic E-state index is 12.7. The Bertz CT molecular complexity index is 700. The molecule has 2 amide bonds. The highest BCUT2D eigenvalue weighted by atomic mass is 16.6. The lowest BCUT2D eigenvalue weighted by atomic mass is 9.90. The Labute approximate surface area is 165 Å². The Balaban J connectivity index is 2.09. The first-order chi connectivity index (χ1) is 13.2. The fourth-order valence-corrected chi connectivity index (χ4v) is 3.19. The van der Waals surface area contributed by atoms with Crippen LogP contribution in [0.4, 0.5) is 4.79 Å². The molecule has 0 radical (unpaired) electrons. The zero-order valence-electron chi connectivity index (χ0n) is 17.2. The predicted octanol–water partition coefficient (Wildman–Crippen LogP) is 2.08. The summed E-state index contributed by atoms with van der Waals surface area (Å²) in [6.07, 6.45) is 0.494. The van der Waals surface area contributed by atoms with Gasteiger partial charge in [0.05, 0.1) is 20.3 Å². The van der Waals surface area contributed by atoms with E-state index in [0.29, 0.717) is 30.9 Å². The SMILES string of the molecule is COc1ccc(CN2C(=O)[C@@H](NC(=O)OC(C)(C)C)[C@H]2CCCO)cc1OC. The molecule has 1 heterocycles. The fourth-order valence-electron chi connectivity index (χ4n) is 3.19. The molecule has 2 N–H and O–H groups in total. The van der Waals surface area contributed by atoms with E-state index in [1.807, 2.05) is 12.1 Å². The molecule has 1 aliphatic rings. The van der Waals surface area contributed by atoms with Crippen LogP contribution in [0.5, 0.6) is 11.5 Å². The quantitative estimate of drug-likeness (QED) is 0.655. The van der Waals surface area contributed by atoms with Gasteiger partial charge in [0.1, 0.15) is 11.6 Å². The van der Waals surface area contributed by atoms with Gasteiger partial charge in [-0.05, 0) is 51.3 Å². The molecule has 0 saturated carbocycles. The summed E-state index contributed by atoms with van der Waals surface area (Å²) in [5.41, 5.74) is 0.243. The van der Waals surface area contributed by atoms with Gasteiger partial charge in [0.25, 0.3) is 0 Å². The van der Waals surface area contributed by atoms with Crippen LogP contribution < -0.4 is 14.8 Å². The number of β-lactam (4-membered cyclic amide) rings is 1. The summed E-state index contributed by atoms with van der Waals surface area (Å²) in [6.45, 7) is 5.70. The first-order valence-electron chi connectivity index (χ1n) is 9.32. The number of nitrogens with zero attached hydrogens (tertiary/aromatic N) is 1. The molecule has 1 saturated heterocycles. The van der Waals surface area contributed by atoms with Crippen LogP contribution in [0.2, 0.25) is 0 Å². The number of amides is 2. The molecule has 1 fully saturated rings. The third-order valence-corrected chi connectivity index (χ3v) is 4.47. The number of likely N-dealkylation sites (tertiary alicyclic amines) is 1. The van der Waals surface area contributed by atoms with Crippen molar-refractivity contribution in [1.29, 1.82) is 0 Å². The number of ether oxygens (including phenoxy) is 3. The molecule has 1 aliphatic heterocycles. The summed E-state index contributed by atoms with van der Waals surface area (Å²) in [6, 6.07) is 4.62. The lowest BCUT2D eigenvalue weighted by Crippen LogP contribution is -2.70. The monoisotopic (exact) mass is 394 g/mol. The van der Waals surface area contributed by atoms with Crippen molar-refractivity contribution in [2.45, 2.75) is 57.8 Å². The van der Waals surface area contributed by atoms with Crippen LogP contribution in [0.25, 0.3) is 0 Å². The van der Waals surface area contributed by atoms with Gasteiger partial charge in [-0.25, -0.2) is 4.79 Å². The van der Waals surface area contributed by atoms with E-state index in [0.717, 1.165) is 5.56 Å². The van der Waals surface area contributed by atoms with Gasteiger partial charge in [0.2, 0.25) is 5.91 Å². The van der Waals surface area contributed by atoms with E-state index in [4.69, 9.17) is 14.2 Å². The topological polar surface area (TPSA) is 97.3 Å². The van der Waals surface area contributed by atoms with E-state index in [-0.39, 0.29) is 18.6 Å². The number of rotatable bonds is 8. The number of aliphatic hydroxyl groups is 1. The zero-order chi connectivity index (χ0) is 20.9. The van der Waals surface area contributed by atoms with Gasteiger partial charge in [0, 0.05) is 13.2 Å². The van der Waals surface area contributed by atoms with Crippen LogP contribution in [-0.2, 0) is 16.1 Å². The van der Waals surface area contributed by atoms with E-state index in [1.54, 1.807) is 46.0 Å². The second-order valence-electron chi connectivity index (χ2n) is 7.71. The second-order valence-corrected chi connectivity index (χ2v) is 7.71. The molecule has 1 aromatic carbocycles. The first kappa shape index (κ1) is 21.8. The van der Waals surface area contributed by atoms with Crippen LogP contribution in [0, 0.1) is 0 Å². The van der Waals surface area contributed by atoms with Crippen LogP contribution >= 0.6 is 0 Å². The number of methoxy groups -OCH3 is 2. The maximum atomic E-state index is 12.7. The minimum Gasteiger partial charge on any atom is -0.493 e. The molecule has 2 rings (SSSR count). The minimum absolute atomic E-state index is 0.0219. The number of aliphatic hydroxyl groups excluding tert-OH is 1. The smallest absolute Gasteiger partial charge is 0.408 e. The minimum atomic E-state index is -0.651. The van der Waals surface area contributed by atoms with Crippen molar-refractivity contribution < 1.29 is 28.9 Å². The largest absolute Gasteiger partial charge is 0.493 e. The number of hydrogen-bond acceptors (Lipinski definition) is 6. The Morgan fingerprint density at radius 1 is 1.21 bits per heavy atom. The van der Waals surface area contributed by atoms with Crippen molar-refractivity contribution in [3.63, 3.8) is 0 Å². The molecule has 156 valence electrons. The summed E-state index contributed by atoms with van der Waals surface area (Å²) in [5, 5.41) is 11.8. The summed E-state index contributed by atoms with van der Waals surface area (Å²) in [7, 11) is 3.12. The first-order valence-corrected chi connectivity index (χ1v) is 9.32. The highest BCUT2D eigenvalue weighted by molar-refractivity contribution is 5.92. The molecule has 0 aliphatic carbocycles. The number of nitrogens with one attached hydrogen (secondary N) is 1. The number of carbonyl (C=O) groups is 2.